The molecule has 3 aromatic carbocycles. The Hall–Kier alpha value is -4.39. The summed E-state index contributed by atoms with van der Waals surface area (Å²) in [5, 5.41) is 6.96. The zero-order valence-corrected chi connectivity index (χ0v) is 20.8. The van der Waals surface area contributed by atoms with Crippen LogP contribution in [0.25, 0.3) is 10.9 Å². The summed E-state index contributed by atoms with van der Waals surface area (Å²) in [6.07, 6.45) is 2.88. The highest BCUT2D eigenvalue weighted by atomic mass is 16.2. The molecule has 1 saturated heterocycles. The quantitative estimate of drug-likeness (QED) is 0.338. The standard InChI is InChI=1S/C30H30N4O3/c1-20-11-12-26-25(15-20)22(18-31-26)13-14-34-19-23(16-28(34)35)29(36)33-27-10-6-5-9-24(27)30(37)32-17-21-7-3-2-4-8-21/h2-12,15,18,23,31H,13-14,16-17,19H2,1H3,(H,32,37)(H,33,36). The Morgan fingerprint density at radius 2 is 1.81 bits per heavy atom. The monoisotopic (exact) mass is 494 g/mol. The second-order valence-corrected chi connectivity index (χ2v) is 9.56. The van der Waals surface area contributed by atoms with Crippen molar-refractivity contribution in [1.82, 2.24) is 15.2 Å². The fourth-order valence-corrected chi connectivity index (χ4v) is 4.82. The highest BCUT2D eigenvalue weighted by molar-refractivity contribution is 6.05. The zero-order valence-electron chi connectivity index (χ0n) is 20.8. The number of carbonyl (C=O) groups excluding carboxylic acids is 3. The molecule has 2 heterocycles. The van der Waals surface area contributed by atoms with Crippen LogP contribution in [0.1, 0.15) is 33.5 Å². The van der Waals surface area contributed by atoms with E-state index in [4.69, 9.17) is 0 Å². The number of aromatic amines is 1. The second-order valence-electron chi connectivity index (χ2n) is 9.56. The number of aryl methyl sites for hydroxylation is 1. The number of para-hydroxylation sites is 1. The zero-order chi connectivity index (χ0) is 25.8. The molecule has 0 bridgehead atoms. The minimum Gasteiger partial charge on any atom is -0.361 e. The number of H-pyrrole nitrogens is 1. The molecule has 1 atom stereocenters. The van der Waals surface area contributed by atoms with Crippen molar-refractivity contribution in [2.75, 3.05) is 18.4 Å². The Balaban J connectivity index is 1.19. The molecular formula is C30H30N4O3. The maximum atomic E-state index is 13.1. The Morgan fingerprint density at radius 1 is 1.03 bits per heavy atom. The van der Waals surface area contributed by atoms with E-state index in [9.17, 15) is 14.4 Å². The van der Waals surface area contributed by atoms with Crippen LogP contribution in [-0.4, -0.2) is 40.7 Å². The molecule has 37 heavy (non-hydrogen) atoms. The number of rotatable bonds is 8. The predicted octanol–water partition coefficient (Wildman–Crippen LogP) is 4.44. The van der Waals surface area contributed by atoms with E-state index in [1.807, 2.05) is 36.5 Å². The van der Waals surface area contributed by atoms with Crippen molar-refractivity contribution >= 4 is 34.3 Å². The first-order chi connectivity index (χ1) is 18.0. The Bertz CT molecular complexity index is 1440. The van der Waals surface area contributed by atoms with Gasteiger partial charge in [0.25, 0.3) is 5.91 Å². The number of nitrogens with zero attached hydrogens (tertiary/aromatic N) is 1. The lowest BCUT2D eigenvalue weighted by molar-refractivity contribution is -0.128. The summed E-state index contributed by atoms with van der Waals surface area (Å²) >= 11 is 0. The second kappa shape index (κ2) is 10.7. The maximum absolute atomic E-state index is 13.1. The van der Waals surface area contributed by atoms with E-state index in [1.54, 1.807) is 29.2 Å². The van der Waals surface area contributed by atoms with Gasteiger partial charge in [0.05, 0.1) is 17.2 Å². The molecule has 3 N–H and O–H groups in total. The van der Waals surface area contributed by atoms with Gasteiger partial charge in [-0.1, -0.05) is 54.1 Å². The molecule has 4 aromatic rings. The first-order valence-corrected chi connectivity index (χ1v) is 12.5. The lowest BCUT2D eigenvalue weighted by atomic mass is 10.1. The average molecular weight is 495 g/mol. The highest BCUT2D eigenvalue weighted by Gasteiger charge is 2.34. The molecule has 1 aliphatic heterocycles. The smallest absolute Gasteiger partial charge is 0.253 e. The lowest BCUT2D eigenvalue weighted by Gasteiger charge is -2.17. The number of benzene rings is 3. The first-order valence-electron chi connectivity index (χ1n) is 12.5. The summed E-state index contributed by atoms with van der Waals surface area (Å²) in [6.45, 7) is 3.38. The van der Waals surface area contributed by atoms with Crippen molar-refractivity contribution in [1.29, 1.82) is 0 Å². The number of hydrogen-bond acceptors (Lipinski definition) is 3. The predicted molar refractivity (Wildman–Crippen MR) is 144 cm³/mol. The summed E-state index contributed by atoms with van der Waals surface area (Å²) < 4.78 is 0. The topological polar surface area (TPSA) is 94.3 Å². The van der Waals surface area contributed by atoms with Crippen molar-refractivity contribution in [3.05, 3.63) is 101 Å². The van der Waals surface area contributed by atoms with Gasteiger partial charge >= 0.3 is 0 Å². The van der Waals surface area contributed by atoms with Crippen LogP contribution in [0.5, 0.6) is 0 Å². The number of hydrogen-bond donors (Lipinski definition) is 3. The van der Waals surface area contributed by atoms with Gasteiger partial charge in [0.1, 0.15) is 0 Å². The van der Waals surface area contributed by atoms with Gasteiger partial charge in [-0.05, 0) is 48.7 Å². The first kappa shape index (κ1) is 24.3. The minimum absolute atomic E-state index is 0.0231. The van der Waals surface area contributed by atoms with Crippen LogP contribution < -0.4 is 10.6 Å². The molecule has 0 saturated carbocycles. The molecule has 0 aliphatic carbocycles. The number of amides is 3. The summed E-state index contributed by atoms with van der Waals surface area (Å²) in [7, 11) is 0. The van der Waals surface area contributed by atoms with Crippen LogP contribution in [0.3, 0.4) is 0 Å². The fourth-order valence-electron chi connectivity index (χ4n) is 4.82. The molecule has 1 fully saturated rings. The van der Waals surface area contributed by atoms with E-state index < -0.39 is 5.92 Å². The molecule has 1 aliphatic rings. The average Bonchev–Trinajstić information content (AvgIpc) is 3.49. The van der Waals surface area contributed by atoms with Gasteiger partial charge in [0, 0.05) is 43.2 Å². The van der Waals surface area contributed by atoms with Gasteiger partial charge in [-0.2, -0.15) is 0 Å². The summed E-state index contributed by atoms with van der Waals surface area (Å²) in [6, 6.07) is 22.9. The molecule has 7 nitrogen and oxygen atoms in total. The van der Waals surface area contributed by atoms with Gasteiger partial charge in [-0.3, -0.25) is 14.4 Å². The molecule has 188 valence electrons. The minimum atomic E-state index is -0.460. The molecule has 0 radical (unpaired) electrons. The van der Waals surface area contributed by atoms with Crippen molar-refractivity contribution in [3.63, 3.8) is 0 Å². The van der Waals surface area contributed by atoms with Crippen molar-refractivity contribution in [3.8, 4) is 0 Å². The van der Waals surface area contributed by atoms with Gasteiger partial charge in [0.2, 0.25) is 11.8 Å². The number of carbonyl (C=O) groups is 3. The third-order valence-corrected chi connectivity index (χ3v) is 6.88. The third kappa shape index (κ3) is 5.56. The number of anilines is 1. The van der Waals surface area contributed by atoms with Gasteiger partial charge in [0.15, 0.2) is 0 Å². The molecule has 0 spiro atoms. The third-order valence-electron chi connectivity index (χ3n) is 6.88. The Kier molecular flexibility index (Phi) is 7.03. The number of fused-ring (bicyclic) bond motifs is 1. The molecule has 1 unspecified atom stereocenters. The van der Waals surface area contributed by atoms with Crippen LogP contribution in [0.15, 0.2) is 79.0 Å². The van der Waals surface area contributed by atoms with Gasteiger partial charge < -0.3 is 20.5 Å². The molecular weight excluding hydrogens is 464 g/mol. The normalized spacial score (nSPS) is 15.2. The SMILES string of the molecule is Cc1ccc2[nH]cc(CCN3CC(C(=O)Nc4ccccc4C(=O)NCc4ccccc4)CC3=O)c2c1. The molecule has 3 amide bonds. The summed E-state index contributed by atoms with van der Waals surface area (Å²) in [5.74, 6) is -0.997. The van der Waals surface area contributed by atoms with E-state index in [-0.39, 0.29) is 24.1 Å². The Labute approximate surface area is 215 Å². The van der Waals surface area contributed by atoms with Crippen molar-refractivity contribution in [2.24, 2.45) is 5.92 Å². The van der Waals surface area contributed by atoms with E-state index in [2.05, 4.69) is 40.7 Å². The van der Waals surface area contributed by atoms with Gasteiger partial charge in [-0.15, -0.1) is 0 Å². The van der Waals surface area contributed by atoms with E-state index in [0.29, 0.717) is 37.3 Å². The van der Waals surface area contributed by atoms with E-state index in [0.717, 1.165) is 16.6 Å². The fraction of sp³-hybridized carbons (Fsp3) is 0.233. The van der Waals surface area contributed by atoms with E-state index >= 15 is 0 Å². The number of likely N-dealkylation sites (tertiary alicyclic amines) is 1. The van der Waals surface area contributed by atoms with Crippen molar-refractivity contribution in [2.45, 2.75) is 26.3 Å². The lowest BCUT2D eigenvalue weighted by Crippen LogP contribution is -2.30. The summed E-state index contributed by atoms with van der Waals surface area (Å²) in [4.78, 5) is 43.6. The summed E-state index contributed by atoms with van der Waals surface area (Å²) in [5.41, 5.74) is 5.26. The van der Waals surface area contributed by atoms with Crippen LogP contribution in [0.2, 0.25) is 0 Å². The Morgan fingerprint density at radius 3 is 2.65 bits per heavy atom. The molecule has 1 aromatic heterocycles. The largest absolute Gasteiger partial charge is 0.361 e. The van der Waals surface area contributed by atoms with Gasteiger partial charge in [-0.25, -0.2) is 0 Å². The number of nitrogens with one attached hydrogen (secondary N) is 3. The highest BCUT2D eigenvalue weighted by Crippen LogP contribution is 2.24. The maximum Gasteiger partial charge on any atom is 0.253 e. The van der Waals surface area contributed by atoms with Crippen molar-refractivity contribution < 1.29 is 14.4 Å². The van der Waals surface area contributed by atoms with Crippen LogP contribution in [0, 0.1) is 12.8 Å². The van der Waals surface area contributed by atoms with Crippen LogP contribution >= 0.6 is 0 Å². The van der Waals surface area contributed by atoms with Crippen LogP contribution in [-0.2, 0) is 22.6 Å². The van der Waals surface area contributed by atoms with E-state index in [1.165, 1.54) is 10.9 Å². The van der Waals surface area contributed by atoms with Crippen LogP contribution in [0.4, 0.5) is 5.69 Å². The molecule has 7 heteroatoms. The molecule has 5 rings (SSSR count). The number of aromatic nitrogens is 1.